The largest absolute Gasteiger partial charge is 0.0499 e. The summed E-state index contributed by atoms with van der Waals surface area (Å²) in [5.74, 6) is 7.34. The Bertz CT molecular complexity index is 307. The first-order valence-electron chi connectivity index (χ1n) is 6.88. The molecule has 14 heavy (non-hydrogen) atoms. The highest BCUT2D eigenvalue weighted by Crippen LogP contribution is 2.80. The van der Waals surface area contributed by atoms with Crippen LogP contribution in [-0.4, -0.2) is 0 Å². The Hall–Kier alpha value is 0. The van der Waals surface area contributed by atoms with Crippen LogP contribution >= 0.6 is 0 Å². The molecule has 0 amide bonds. The van der Waals surface area contributed by atoms with Gasteiger partial charge in [-0.05, 0) is 85.9 Å². The Labute approximate surface area is 86.5 Å². The fraction of sp³-hybridized carbons (Fsp3) is 1.00. The SMILES string of the molecule is C1CC23CC1CC2C1C2CCC(C2)C13. The van der Waals surface area contributed by atoms with Crippen molar-refractivity contribution < 1.29 is 0 Å². The Morgan fingerprint density at radius 3 is 2.79 bits per heavy atom. The van der Waals surface area contributed by atoms with Crippen molar-refractivity contribution in [3.8, 4) is 0 Å². The molecule has 0 saturated heterocycles. The summed E-state index contributed by atoms with van der Waals surface area (Å²) in [5.41, 5.74) is 0.954. The zero-order chi connectivity index (χ0) is 8.91. The lowest BCUT2D eigenvalue weighted by Gasteiger charge is -2.61. The number of hydrogen-bond donors (Lipinski definition) is 0. The molecule has 0 nitrogen and oxygen atoms in total. The van der Waals surface area contributed by atoms with Crippen LogP contribution in [0.25, 0.3) is 0 Å². The van der Waals surface area contributed by atoms with Crippen LogP contribution < -0.4 is 0 Å². The van der Waals surface area contributed by atoms with Crippen molar-refractivity contribution in [3.63, 3.8) is 0 Å². The van der Waals surface area contributed by atoms with Gasteiger partial charge in [-0.2, -0.15) is 0 Å². The van der Waals surface area contributed by atoms with E-state index in [9.17, 15) is 0 Å². The Morgan fingerprint density at radius 2 is 1.86 bits per heavy atom. The fourth-order valence-corrected chi connectivity index (χ4v) is 7.09. The third-order valence-electron chi connectivity index (χ3n) is 7.12. The molecule has 0 N–H and O–H groups in total. The third-order valence-corrected chi connectivity index (χ3v) is 7.12. The van der Waals surface area contributed by atoms with Crippen LogP contribution in [0.5, 0.6) is 0 Å². The molecule has 0 aromatic heterocycles. The predicted molar refractivity (Wildman–Crippen MR) is 55.7 cm³/mol. The second kappa shape index (κ2) is 1.95. The van der Waals surface area contributed by atoms with Crippen molar-refractivity contribution in [3.05, 3.63) is 0 Å². The molecular formula is C14H20. The van der Waals surface area contributed by atoms with Crippen LogP contribution in [-0.2, 0) is 0 Å². The molecule has 7 atom stereocenters. The van der Waals surface area contributed by atoms with Gasteiger partial charge in [0.1, 0.15) is 0 Å². The summed E-state index contributed by atoms with van der Waals surface area (Å²) in [6.07, 6.45) is 11.5. The topological polar surface area (TPSA) is 0 Å². The molecule has 5 aliphatic carbocycles. The lowest BCUT2D eigenvalue weighted by atomic mass is 9.43. The molecule has 0 heteroatoms. The molecule has 5 saturated carbocycles. The van der Waals surface area contributed by atoms with Crippen LogP contribution in [0.15, 0.2) is 0 Å². The molecule has 5 fully saturated rings. The van der Waals surface area contributed by atoms with Gasteiger partial charge >= 0.3 is 0 Å². The summed E-state index contributed by atoms with van der Waals surface area (Å²) in [6.45, 7) is 0. The van der Waals surface area contributed by atoms with E-state index in [1.54, 1.807) is 44.9 Å². The normalized spacial score (nSPS) is 72.0. The zero-order valence-corrected chi connectivity index (χ0v) is 8.91. The van der Waals surface area contributed by atoms with Gasteiger partial charge in [0.15, 0.2) is 0 Å². The average Bonchev–Trinajstić information content (AvgIpc) is 2.89. The molecule has 7 unspecified atom stereocenters. The minimum Gasteiger partial charge on any atom is -0.0499 e. The fourth-order valence-electron chi connectivity index (χ4n) is 7.09. The summed E-state index contributed by atoms with van der Waals surface area (Å²) in [5, 5.41) is 0. The van der Waals surface area contributed by atoms with Crippen LogP contribution in [0.3, 0.4) is 0 Å². The molecule has 0 aromatic rings. The lowest BCUT2D eigenvalue weighted by Crippen LogP contribution is -2.56. The smallest absolute Gasteiger partial charge is 0.0230 e. The van der Waals surface area contributed by atoms with E-state index < -0.39 is 0 Å². The minimum absolute atomic E-state index is 0.954. The van der Waals surface area contributed by atoms with Gasteiger partial charge in [-0.15, -0.1) is 0 Å². The summed E-state index contributed by atoms with van der Waals surface area (Å²) in [4.78, 5) is 0. The molecule has 0 heterocycles. The van der Waals surface area contributed by atoms with Crippen molar-refractivity contribution in [2.24, 2.45) is 40.9 Å². The summed E-state index contributed by atoms with van der Waals surface area (Å²) >= 11 is 0. The van der Waals surface area contributed by atoms with Gasteiger partial charge in [0.2, 0.25) is 0 Å². The second-order valence-corrected chi connectivity index (χ2v) is 7.12. The number of rotatable bonds is 0. The van der Waals surface area contributed by atoms with Crippen molar-refractivity contribution in [2.75, 3.05) is 0 Å². The monoisotopic (exact) mass is 188 g/mol. The van der Waals surface area contributed by atoms with E-state index in [1.807, 2.05) is 0 Å². The van der Waals surface area contributed by atoms with Crippen LogP contribution in [0.1, 0.15) is 44.9 Å². The third kappa shape index (κ3) is 0.537. The van der Waals surface area contributed by atoms with Gasteiger partial charge in [0.25, 0.3) is 0 Å². The highest BCUT2D eigenvalue weighted by molar-refractivity contribution is 5.22. The molecule has 5 rings (SSSR count). The van der Waals surface area contributed by atoms with E-state index in [4.69, 9.17) is 0 Å². The van der Waals surface area contributed by atoms with E-state index in [-0.39, 0.29) is 0 Å². The minimum atomic E-state index is 0.954. The number of hydrogen-bond acceptors (Lipinski definition) is 0. The Morgan fingerprint density at radius 1 is 0.929 bits per heavy atom. The van der Waals surface area contributed by atoms with E-state index in [0.29, 0.717) is 0 Å². The first-order valence-corrected chi connectivity index (χ1v) is 6.88. The maximum absolute atomic E-state index is 1.67. The van der Waals surface area contributed by atoms with Gasteiger partial charge < -0.3 is 0 Å². The maximum Gasteiger partial charge on any atom is -0.0230 e. The van der Waals surface area contributed by atoms with E-state index in [0.717, 1.165) is 5.41 Å². The first-order chi connectivity index (χ1) is 6.88. The molecule has 0 radical (unpaired) electrons. The maximum atomic E-state index is 1.67. The van der Waals surface area contributed by atoms with Gasteiger partial charge in [-0.1, -0.05) is 0 Å². The molecule has 76 valence electrons. The van der Waals surface area contributed by atoms with Gasteiger partial charge in [-0.3, -0.25) is 0 Å². The van der Waals surface area contributed by atoms with Crippen molar-refractivity contribution in [2.45, 2.75) is 44.9 Å². The van der Waals surface area contributed by atoms with Gasteiger partial charge in [-0.25, -0.2) is 0 Å². The zero-order valence-electron chi connectivity index (χ0n) is 8.91. The van der Waals surface area contributed by atoms with Gasteiger partial charge in [0, 0.05) is 0 Å². The van der Waals surface area contributed by atoms with Crippen molar-refractivity contribution in [1.29, 1.82) is 0 Å². The van der Waals surface area contributed by atoms with Crippen molar-refractivity contribution in [1.82, 2.24) is 0 Å². The van der Waals surface area contributed by atoms with Crippen LogP contribution in [0, 0.1) is 40.9 Å². The predicted octanol–water partition coefficient (Wildman–Crippen LogP) is 3.47. The van der Waals surface area contributed by atoms with Crippen molar-refractivity contribution >= 4 is 0 Å². The molecule has 0 aromatic carbocycles. The molecular weight excluding hydrogens is 168 g/mol. The molecule has 4 bridgehead atoms. The highest BCUT2D eigenvalue weighted by Gasteiger charge is 2.73. The standard InChI is InChI=1S/C14H20/c1-2-10-6-9(1)12-11-5-8-3-4-14(11,7-8)13(10)12/h8-13H,1-7H2. The molecule has 5 aliphatic rings. The molecule has 0 aliphatic heterocycles. The number of fused-ring (bicyclic) bond motifs is 7. The van der Waals surface area contributed by atoms with E-state index in [2.05, 4.69) is 0 Å². The van der Waals surface area contributed by atoms with Gasteiger partial charge in [0.05, 0.1) is 0 Å². The average molecular weight is 188 g/mol. The second-order valence-electron chi connectivity index (χ2n) is 7.12. The Kier molecular flexibility index (Phi) is 1.02. The Balaban J connectivity index is 1.63. The lowest BCUT2D eigenvalue weighted by molar-refractivity contribution is -0.134. The summed E-state index contributed by atoms with van der Waals surface area (Å²) in [7, 11) is 0. The van der Waals surface area contributed by atoms with E-state index >= 15 is 0 Å². The quantitative estimate of drug-likeness (QED) is 0.546. The first kappa shape index (κ1) is 7.30. The van der Waals surface area contributed by atoms with Crippen LogP contribution in [0.4, 0.5) is 0 Å². The molecule has 1 spiro atoms. The summed E-state index contributed by atoms with van der Waals surface area (Å²) < 4.78 is 0. The van der Waals surface area contributed by atoms with Crippen LogP contribution in [0.2, 0.25) is 0 Å². The summed E-state index contributed by atoms with van der Waals surface area (Å²) in [6, 6.07) is 0. The van der Waals surface area contributed by atoms with E-state index in [1.165, 1.54) is 35.5 Å². The highest BCUT2D eigenvalue weighted by atomic mass is 14.8.